The summed E-state index contributed by atoms with van der Waals surface area (Å²) in [7, 11) is 1.74. The standard InChI is InChI=1S/C12H15N3O4/c1-14-8(7-18-12(13)16)6-17-11-9-4-2-3-5-10(9)19-15-11/h2-5,8,14H,6-7H2,1H3,(H2,13,16). The summed E-state index contributed by atoms with van der Waals surface area (Å²) in [5.41, 5.74) is 5.56. The molecular formula is C12H15N3O4. The number of rotatable bonds is 6. The first-order chi connectivity index (χ1) is 9.20. The van der Waals surface area contributed by atoms with Crippen molar-refractivity contribution in [1.82, 2.24) is 10.5 Å². The van der Waals surface area contributed by atoms with Gasteiger partial charge >= 0.3 is 6.09 Å². The lowest BCUT2D eigenvalue weighted by Gasteiger charge is -2.15. The molecule has 1 unspecified atom stereocenters. The zero-order valence-electron chi connectivity index (χ0n) is 10.5. The molecule has 2 rings (SSSR count). The number of likely N-dealkylation sites (N-methyl/N-ethyl adjacent to an activating group) is 1. The topological polar surface area (TPSA) is 99.6 Å². The third-order valence-corrected chi connectivity index (χ3v) is 2.60. The number of nitrogens with one attached hydrogen (secondary N) is 1. The van der Waals surface area contributed by atoms with Gasteiger partial charge in [0.2, 0.25) is 0 Å². The molecule has 0 aliphatic heterocycles. The number of aromatic nitrogens is 1. The molecule has 102 valence electrons. The maximum atomic E-state index is 10.5. The van der Waals surface area contributed by atoms with Crippen molar-refractivity contribution in [2.75, 3.05) is 20.3 Å². The van der Waals surface area contributed by atoms with Crippen molar-refractivity contribution in [1.29, 1.82) is 0 Å². The maximum absolute atomic E-state index is 10.5. The van der Waals surface area contributed by atoms with E-state index in [9.17, 15) is 4.79 Å². The van der Waals surface area contributed by atoms with Gasteiger partial charge in [-0.25, -0.2) is 4.79 Å². The molecule has 1 aromatic heterocycles. The summed E-state index contributed by atoms with van der Waals surface area (Å²) in [6.07, 6.45) is -0.813. The van der Waals surface area contributed by atoms with Crippen LogP contribution in [0.1, 0.15) is 0 Å². The Hall–Kier alpha value is -2.28. The van der Waals surface area contributed by atoms with Crippen LogP contribution < -0.4 is 15.8 Å². The summed E-state index contributed by atoms with van der Waals surface area (Å²) in [4.78, 5) is 10.5. The third kappa shape index (κ3) is 3.35. The van der Waals surface area contributed by atoms with E-state index in [4.69, 9.17) is 19.7 Å². The number of para-hydroxylation sites is 1. The number of nitrogens with zero attached hydrogens (tertiary/aromatic N) is 1. The Morgan fingerprint density at radius 3 is 3.00 bits per heavy atom. The van der Waals surface area contributed by atoms with Crippen molar-refractivity contribution >= 4 is 17.1 Å². The SMILES string of the molecule is CNC(COC(N)=O)COc1noc2ccccc12. The van der Waals surface area contributed by atoms with E-state index in [1.165, 1.54) is 0 Å². The Kier molecular flexibility index (Phi) is 4.19. The molecule has 1 aromatic carbocycles. The molecule has 7 heteroatoms. The lowest BCUT2D eigenvalue weighted by atomic mass is 10.2. The molecule has 0 spiro atoms. The van der Waals surface area contributed by atoms with Crippen molar-refractivity contribution in [3.05, 3.63) is 24.3 Å². The Labute approximate surface area is 109 Å². The predicted molar refractivity (Wildman–Crippen MR) is 67.9 cm³/mol. The van der Waals surface area contributed by atoms with Gasteiger partial charge in [-0.15, -0.1) is 0 Å². The van der Waals surface area contributed by atoms with Crippen molar-refractivity contribution in [3.8, 4) is 5.88 Å². The fourth-order valence-electron chi connectivity index (χ4n) is 1.54. The number of ether oxygens (including phenoxy) is 2. The highest BCUT2D eigenvalue weighted by atomic mass is 16.6. The molecule has 1 amide bonds. The number of primary amides is 1. The van der Waals surface area contributed by atoms with Gasteiger partial charge in [0.05, 0.1) is 11.4 Å². The summed E-state index contributed by atoms with van der Waals surface area (Å²) >= 11 is 0. The number of hydrogen-bond donors (Lipinski definition) is 2. The molecule has 0 fully saturated rings. The second kappa shape index (κ2) is 6.05. The van der Waals surface area contributed by atoms with Crippen LogP contribution in [-0.4, -0.2) is 37.6 Å². The second-order valence-corrected chi connectivity index (χ2v) is 3.91. The van der Waals surface area contributed by atoms with E-state index in [0.29, 0.717) is 11.5 Å². The minimum Gasteiger partial charge on any atom is -0.473 e. The molecule has 1 heterocycles. The molecule has 7 nitrogen and oxygen atoms in total. The summed E-state index contributed by atoms with van der Waals surface area (Å²) in [6.45, 7) is 0.405. The van der Waals surface area contributed by atoms with E-state index in [-0.39, 0.29) is 19.3 Å². The number of hydrogen-bond acceptors (Lipinski definition) is 6. The van der Waals surface area contributed by atoms with Gasteiger partial charge in [-0.2, -0.15) is 0 Å². The average Bonchev–Trinajstić information content (AvgIpc) is 2.82. The van der Waals surface area contributed by atoms with Crippen LogP contribution in [0.4, 0.5) is 4.79 Å². The van der Waals surface area contributed by atoms with Crippen LogP contribution in [0.2, 0.25) is 0 Å². The van der Waals surface area contributed by atoms with Gasteiger partial charge in [0, 0.05) is 0 Å². The molecule has 19 heavy (non-hydrogen) atoms. The molecule has 2 aromatic rings. The van der Waals surface area contributed by atoms with Gasteiger partial charge in [0.15, 0.2) is 5.58 Å². The largest absolute Gasteiger partial charge is 0.473 e. The van der Waals surface area contributed by atoms with Gasteiger partial charge in [-0.05, 0) is 24.3 Å². The number of carbonyl (C=O) groups is 1. The number of carbonyl (C=O) groups excluding carboxylic acids is 1. The molecule has 3 N–H and O–H groups in total. The Bertz CT molecular complexity index is 555. The van der Waals surface area contributed by atoms with E-state index in [1.54, 1.807) is 13.1 Å². The van der Waals surface area contributed by atoms with E-state index < -0.39 is 6.09 Å². The van der Waals surface area contributed by atoms with E-state index in [2.05, 4.69) is 10.5 Å². The minimum absolute atomic E-state index is 0.127. The quantitative estimate of drug-likeness (QED) is 0.804. The zero-order valence-corrected chi connectivity index (χ0v) is 10.5. The normalized spacial score (nSPS) is 12.3. The molecule has 0 radical (unpaired) electrons. The van der Waals surface area contributed by atoms with Crippen LogP contribution in [0, 0.1) is 0 Å². The molecule has 0 aliphatic rings. The van der Waals surface area contributed by atoms with Crippen molar-refractivity contribution in [2.45, 2.75) is 6.04 Å². The van der Waals surface area contributed by atoms with E-state index >= 15 is 0 Å². The average molecular weight is 265 g/mol. The van der Waals surface area contributed by atoms with Crippen molar-refractivity contribution < 1.29 is 18.8 Å². The van der Waals surface area contributed by atoms with Gasteiger partial charge in [-0.3, -0.25) is 0 Å². The molecule has 0 aliphatic carbocycles. The van der Waals surface area contributed by atoms with Crippen LogP contribution in [-0.2, 0) is 4.74 Å². The van der Waals surface area contributed by atoms with Crippen molar-refractivity contribution in [2.24, 2.45) is 5.73 Å². The van der Waals surface area contributed by atoms with E-state index in [1.807, 2.05) is 18.2 Å². The Morgan fingerprint density at radius 2 is 2.26 bits per heavy atom. The fraction of sp³-hybridized carbons (Fsp3) is 0.333. The second-order valence-electron chi connectivity index (χ2n) is 3.91. The first kappa shape index (κ1) is 13.2. The molecule has 0 saturated heterocycles. The first-order valence-electron chi connectivity index (χ1n) is 5.77. The lowest BCUT2D eigenvalue weighted by Crippen LogP contribution is -2.37. The summed E-state index contributed by atoms with van der Waals surface area (Å²) in [5.74, 6) is 0.412. The highest BCUT2D eigenvalue weighted by Crippen LogP contribution is 2.24. The van der Waals surface area contributed by atoms with Gasteiger partial charge in [0.1, 0.15) is 13.2 Å². The van der Waals surface area contributed by atoms with Crippen LogP contribution in [0.5, 0.6) is 5.88 Å². The molecule has 1 atom stereocenters. The minimum atomic E-state index is -0.813. The van der Waals surface area contributed by atoms with Crippen LogP contribution in [0.3, 0.4) is 0 Å². The smallest absolute Gasteiger partial charge is 0.404 e. The van der Waals surface area contributed by atoms with Crippen molar-refractivity contribution in [3.63, 3.8) is 0 Å². The van der Waals surface area contributed by atoms with Gasteiger partial charge in [-0.1, -0.05) is 12.1 Å². The molecule has 0 saturated carbocycles. The summed E-state index contributed by atoms with van der Waals surface area (Å²) < 4.78 is 15.4. The highest BCUT2D eigenvalue weighted by Gasteiger charge is 2.13. The first-order valence-corrected chi connectivity index (χ1v) is 5.77. The lowest BCUT2D eigenvalue weighted by molar-refractivity contribution is 0.129. The van der Waals surface area contributed by atoms with E-state index in [0.717, 1.165) is 5.39 Å². The predicted octanol–water partition coefficient (Wildman–Crippen LogP) is 0.890. The summed E-state index contributed by atoms with van der Waals surface area (Å²) in [5, 5.41) is 7.59. The number of nitrogens with two attached hydrogens (primary N) is 1. The Morgan fingerprint density at radius 1 is 1.47 bits per heavy atom. The number of benzene rings is 1. The highest BCUT2D eigenvalue weighted by molar-refractivity contribution is 5.81. The Balaban J connectivity index is 1.95. The molecule has 0 bridgehead atoms. The van der Waals surface area contributed by atoms with Gasteiger partial charge < -0.3 is 25.0 Å². The number of fused-ring (bicyclic) bond motifs is 1. The zero-order chi connectivity index (χ0) is 13.7. The summed E-state index contributed by atoms with van der Waals surface area (Å²) in [6, 6.07) is 7.21. The van der Waals surface area contributed by atoms with Crippen LogP contribution in [0.15, 0.2) is 28.8 Å². The molecular weight excluding hydrogens is 250 g/mol. The van der Waals surface area contributed by atoms with Crippen LogP contribution >= 0.6 is 0 Å². The maximum Gasteiger partial charge on any atom is 0.404 e. The van der Waals surface area contributed by atoms with Gasteiger partial charge in [0.25, 0.3) is 5.88 Å². The fourth-order valence-corrected chi connectivity index (χ4v) is 1.54. The monoisotopic (exact) mass is 265 g/mol. The number of amides is 1. The third-order valence-electron chi connectivity index (χ3n) is 2.60. The van der Waals surface area contributed by atoms with Crippen LogP contribution in [0.25, 0.3) is 11.0 Å².